The second kappa shape index (κ2) is 5.65. The quantitative estimate of drug-likeness (QED) is 0.762. The average Bonchev–Trinajstić information content (AvgIpc) is 2.87. The second-order valence-electron chi connectivity index (χ2n) is 4.85. The number of aryl methyl sites for hydroxylation is 1. The van der Waals surface area contributed by atoms with Gasteiger partial charge in [-0.05, 0) is 19.1 Å². The Kier molecular flexibility index (Phi) is 3.80. The van der Waals surface area contributed by atoms with E-state index in [1.165, 1.54) is 11.3 Å². The molecule has 0 atom stereocenters. The van der Waals surface area contributed by atoms with Crippen molar-refractivity contribution in [3.8, 4) is 10.6 Å². The summed E-state index contributed by atoms with van der Waals surface area (Å²) in [4.78, 5) is 12.4. The number of nitrogens with one attached hydrogen (secondary N) is 1. The van der Waals surface area contributed by atoms with Crippen molar-refractivity contribution in [2.45, 2.75) is 13.1 Å². The Morgan fingerprint density at radius 2 is 1.91 bits per heavy atom. The predicted octanol–water partition coefficient (Wildman–Crippen LogP) is 3.62. The molecule has 1 aromatic carbocycles. The Hall–Kier alpha value is -2.42. The van der Waals surface area contributed by atoms with Crippen molar-refractivity contribution >= 4 is 33.3 Å². The largest absolute Gasteiger partial charge is 0.405 e. The highest BCUT2D eigenvalue weighted by Gasteiger charge is 2.27. The summed E-state index contributed by atoms with van der Waals surface area (Å²) in [6.45, 7) is 0.449. The van der Waals surface area contributed by atoms with Gasteiger partial charge in [-0.2, -0.15) is 18.2 Å². The topological polar surface area (TPSA) is 76.7 Å². The van der Waals surface area contributed by atoms with Gasteiger partial charge in [0.25, 0.3) is 0 Å². The molecule has 0 amide bonds. The molecule has 3 aromatic rings. The first-order valence-corrected chi connectivity index (χ1v) is 7.46. The van der Waals surface area contributed by atoms with Gasteiger partial charge in [-0.1, -0.05) is 12.1 Å². The van der Waals surface area contributed by atoms with Gasteiger partial charge in [0.05, 0.1) is 21.5 Å². The highest BCUT2D eigenvalue weighted by atomic mass is 32.1. The minimum absolute atomic E-state index is 0.0984. The van der Waals surface area contributed by atoms with E-state index >= 15 is 0 Å². The van der Waals surface area contributed by atoms with Gasteiger partial charge in [0.15, 0.2) is 0 Å². The maximum Gasteiger partial charge on any atom is 0.405 e. The lowest BCUT2D eigenvalue weighted by molar-refractivity contribution is -0.115. The zero-order valence-electron chi connectivity index (χ0n) is 12.0. The van der Waals surface area contributed by atoms with E-state index in [9.17, 15) is 13.2 Å². The standard InChI is InChI=1S/C14H12F3N5S/c1-7-10(12-21-8-4-2-3-5-9(8)23-12)11(18)22-13(20-7)19-6-14(15,16)17/h2-5H,6H2,1H3,(H3,18,19,20,22). The van der Waals surface area contributed by atoms with Crippen LogP contribution >= 0.6 is 11.3 Å². The summed E-state index contributed by atoms with van der Waals surface area (Å²) < 4.78 is 37.7. The Balaban J connectivity index is 1.97. The number of aromatic nitrogens is 3. The van der Waals surface area contributed by atoms with Gasteiger partial charge in [0, 0.05) is 0 Å². The van der Waals surface area contributed by atoms with Crippen LogP contribution in [0.2, 0.25) is 0 Å². The van der Waals surface area contributed by atoms with Crippen LogP contribution in [0, 0.1) is 6.92 Å². The normalized spacial score (nSPS) is 11.8. The molecule has 0 aliphatic rings. The van der Waals surface area contributed by atoms with Crippen LogP contribution in [0.25, 0.3) is 20.8 Å². The van der Waals surface area contributed by atoms with Crippen molar-refractivity contribution in [1.29, 1.82) is 0 Å². The maximum absolute atomic E-state index is 12.2. The molecule has 0 aliphatic carbocycles. The summed E-state index contributed by atoms with van der Waals surface area (Å²) in [6, 6.07) is 7.59. The first kappa shape index (κ1) is 15.5. The fraction of sp³-hybridized carbons (Fsp3) is 0.214. The lowest BCUT2D eigenvalue weighted by Crippen LogP contribution is -2.22. The number of benzene rings is 1. The van der Waals surface area contributed by atoms with Crippen molar-refractivity contribution in [3.63, 3.8) is 0 Å². The maximum atomic E-state index is 12.2. The third-order valence-electron chi connectivity index (χ3n) is 3.07. The van der Waals surface area contributed by atoms with Crippen LogP contribution in [0.1, 0.15) is 5.69 Å². The van der Waals surface area contributed by atoms with Gasteiger partial charge in [0.2, 0.25) is 5.95 Å². The number of nitrogen functional groups attached to an aromatic ring is 1. The molecular formula is C14H12F3N5S. The molecule has 2 heterocycles. The van der Waals surface area contributed by atoms with E-state index in [1.54, 1.807) is 6.92 Å². The van der Waals surface area contributed by atoms with E-state index in [1.807, 2.05) is 24.3 Å². The summed E-state index contributed by atoms with van der Waals surface area (Å²) >= 11 is 1.43. The van der Waals surface area contributed by atoms with Crippen LogP contribution < -0.4 is 11.1 Å². The molecule has 0 radical (unpaired) electrons. The number of hydrogen-bond donors (Lipinski definition) is 2. The van der Waals surface area contributed by atoms with Gasteiger partial charge in [0.1, 0.15) is 17.4 Å². The molecular weight excluding hydrogens is 327 g/mol. The Morgan fingerprint density at radius 3 is 2.57 bits per heavy atom. The van der Waals surface area contributed by atoms with Crippen LogP contribution in [0.3, 0.4) is 0 Å². The third kappa shape index (κ3) is 3.34. The average molecular weight is 339 g/mol. The van der Waals surface area contributed by atoms with E-state index in [0.29, 0.717) is 16.3 Å². The summed E-state index contributed by atoms with van der Waals surface area (Å²) in [7, 11) is 0. The van der Waals surface area contributed by atoms with E-state index < -0.39 is 12.7 Å². The zero-order valence-corrected chi connectivity index (χ0v) is 12.8. The third-order valence-corrected chi connectivity index (χ3v) is 4.13. The molecule has 120 valence electrons. The number of nitrogens with zero attached hydrogens (tertiary/aromatic N) is 3. The van der Waals surface area contributed by atoms with Crippen LogP contribution in [-0.2, 0) is 0 Å². The molecule has 5 nitrogen and oxygen atoms in total. The molecule has 0 saturated carbocycles. The molecule has 0 fully saturated rings. The molecule has 9 heteroatoms. The van der Waals surface area contributed by atoms with Crippen molar-refractivity contribution in [2.75, 3.05) is 17.6 Å². The summed E-state index contributed by atoms with van der Waals surface area (Å²) in [6.07, 6.45) is -4.35. The number of nitrogens with two attached hydrogens (primary N) is 1. The van der Waals surface area contributed by atoms with Gasteiger partial charge in [-0.3, -0.25) is 0 Å². The highest BCUT2D eigenvalue weighted by Crippen LogP contribution is 2.34. The fourth-order valence-corrected chi connectivity index (χ4v) is 3.17. The second-order valence-corrected chi connectivity index (χ2v) is 5.88. The Morgan fingerprint density at radius 1 is 1.17 bits per heavy atom. The highest BCUT2D eigenvalue weighted by molar-refractivity contribution is 7.21. The molecule has 0 aliphatic heterocycles. The minimum atomic E-state index is -4.35. The Bertz CT molecular complexity index is 803. The summed E-state index contributed by atoms with van der Waals surface area (Å²) in [5, 5.41) is 2.77. The first-order chi connectivity index (χ1) is 10.8. The SMILES string of the molecule is Cc1nc(NCC(F)(F)F)nc(N)c1-c1nc2ccccc2s1. The lowest BCUT2D eigenvalue weighted by atomic mass is 10.2. The molecule has 0 bridgehead atoms. The number of fused-ring (bicyclic) bond motifs is 1. The van der Waals surface area contributed by atoms with Crippen LogP contribution in [0.15, 0.2) is 24.3 Å². The number of rotatable bonds is 3. The minimum Gasteiger partial charge on any atom is -0.383 e. The molecule has 23 heavy (non-hydrogen) atoms. The van der Waals surface area contributed by atoms with Crippen molar-refractivity contribution in [2.24, 2.45) is 0 Å². The monoisotopic (exact) mass is 339 g/mol. The van der Waals surface area contributed by atoms with Gasteiger partial charge in [-0.25, -0.2) is 9.97 Å². The smallest absolute Gasteiger partial charge is 0.383 e. The number of anilines is 2. The number of thiazole rings is 1. The van der Waals surface area contributed by atoms with Gasteiger partial charge in [-0.15, -0.1) is 11.3 Å². The van der Waals surface area contributed by atoms with E-state index in [2.05, 4.69) is 20.3 Å². The zero-order chi connectivity index (χ0) is 16.6. The van der Waals surface area contributed by atoms with Crippen LogP contribution in [0.5, 0.6) is 0 Å². The lowest BCUT2D eigenvalue weighted by Gasteiger charge is -2.11. The number of halogens is 3. The molecule has 2 aromatic heterocycles. The summed E-state index contributed by atoms with van der Waals surface area (Å²) in [5.74, 6) is -0.0524. The van der Waals surface area contributed by atoms with Crippen molar-refractivity contribution in [3.05, 3.63) is 30.0 Å². The van der Waals surface area contributed by atoms with E-state index in [4.69, 9.17) is 5.73 Å². The van der Waals surface area contributed by atoms with Crippen LogP contribution in [0.4, 0.5) is 24.9 Å². The predicted molar refractivity (Wildman–Crippen MR) is 84.3 cm³/mol. The van der Waals surface area contributed by atoms with Crippen molar-refractivity contribution in [1.82, 2.24) is 15.0 Å². The number of para-hydroxylation sites is 1. The van der Waals surface area contributed by atoms with Crippen LogP contribution in [-0.4, -0.2) is 27.7 Å². The van der Waals surface area contributed by atoms with E-state index in [0.717, 1.165) is 10.2 Å². The number of hydrogen-bond acceptors (Lipinski definition) is 6. The molecule has 3 rings (SSSR count). The summed E-state index contributed by atoms with van der Waals surface area (Å²) in [5.41, 5.74) is 7.75. The molecule has 0 unspecified atom stereocenters. The molecule has 0 spiro atoms. The van der Waals surface area contributed by atoms with Gasteiger partial charge >= 0.3 is 6.18 Å². The fourth-order valence-electron chi connectivity index (χ4n) is 2.10. The number of alkyl halides is 3. The van der Waals surface area contributed by atoms with Crippen molar-refractivity contribution < 1.29 is 13.2 Å². The molecule has 0 saturated heterocycles. The molecule has 3 N–H and O–H groups in total. The Labute approximate surface area is 133 Å². The first-order valence-electron chi connectivity index (χ1n) is 6.64. The van der Waals surface area contributed by atoms with E-state index in [-0.39, 0.29) is 11.8 Å². The van der Waals surface area contributed by atoms with Gasteiger partial charge < -0.3 is 11.1 Å².